The van der Waals surface area contributed by atoms with Gasteiger partial charge in [-0.15, -0.1) is 0 Å². The summed E-state index contributed by atoms with van der Waals surface area (Å²) in [6.07, 6.45) is 3.34. The number of carboxylic acid groups (broad SMARTS) is 1. The highest BCUT2D eigenvalue weighted by Crippen LogP contribution is 2.27. The first kappa shape index (κ1) is 16.9. The van der Waals surface area contributed by atoms with E-state index in [1.165, 1.54) is 24.3 Å². The van der Waals surface area contributed by atoms with Crippen LogP contribution in [0.25, 0.3) is 22.6 Å². The van der Waals surface area contributed by atoms with Gasteiger partial charge >= 0.3 is 5.97 Å². The van der Waals surface area contributed by atoms with Crippen molar-refractivity contribution in [3.05, 3.63) is 76.0 Å². The minimum Gasteiger partial charge on any atom is -0.480 e. The number of hydrogen-bond donors (Lipinski definition) is 1. The molecule has 3 aromatic rings. The van der Waals surface area contributed by atoms with Crippen molar-refractivity contribution in [3.63, 3.8) is 0 Å². The zero-order chi connectivity index (χ0) is 18.7. The summed E-state index contributed by atoms with van der Waals surface area (Å²) in [4.78, 5) is 21.3. The summed E-state index contributed by atoms with van der Waals surface area (Å²) in [7, 11) is 0. The minimum atomic E-state index is -0.961. The third-order valence-electron chi connectivity index (χ3n) is 3.93. The van der Waals surface area contributed by atoms with Gasteiger partial charge in [-0.1, -0.05) is 18.2 Å². The highest BCUT2D eigenvalue weighted by Gasteiger charge is 2.11. The molecule has 3 rings (SSSR count). The van der Waals surface area contributed by atoms with Crippen LogP contribution in [0.2, 0.25) is 0 Å². The molecule has 0 aliphatic carbocycles. The molecule has 0 saturated heterocycles. The number of hydrogen-bond acceptors (Lipinski definition) is 4. The Hall–Kier alpha value is -3.92. The molecule has 0 unspecified atom stereocenters. The van der Waals surface area contributed by atoms with E-state index in [2.05, 4.69) is 6.07 Å². The van der Waals surface area contributed by atoms with Gasteiger partial charge < -0.3 is 9.67 Å². The maximum atomic E-state index is 11.1. The largest absolute Gasteiger partial charge is 0.480 e. The van der Waals surface area contributed by atoms with Crippen molar-refractivity contribution in [2.45, 2.75) is 6.54 Å². The van der Waals surface area contributed by atoms with Crippen LogP contribution in [0.15, 0.2) is 54.7 Å². The minimum absolute atomic E-state index is 0.0518. The Morgan fingerprint density at radius 2 is 1.92 bits per heavy atom. The number of benzene rings is 2. The lowest BCUT2D eigenvalue weighted by molar-refractivity contribution is -0.384. The lowest BCUT2D eigenvalue weighted by atomic mass is 10.0. The van der Waals surface area contributed by atoms with E-state index in [1.807, 2.05) is 24.3 Å². The first-order valence-electron chi connectivity index (χ1n) is 7.66. The molecule has 0 aliphatic heterocycles. The Morgan fingerprint density at radius 1 is 1.23 bits per heavy atom. The summed E-state index contributed by atoms with van der Waals surface area (Å²) in [5.74, 6) is -0.961. The molecule has 1 heterocycles. The van der Waals surface area contributed by atoms with E-state index in [4.69, 9.17) is 5.11 Å². The SMILES string of the molecule is N#C/C(=C/c1cn(CC(=O)O)c2ccccc12)c1ccc([N+](=O)[O-])cc1. The lowest BCUT2D eigenvalue weighted by Crippen LogP contribution is -2.07. The van der Waals surface area contributed by atoms with Gasteiger partial charge in [0.2, 0.25) is 0 Å². The molecule has 0 aliphatic rings. The molecule has 0 atom stereocenters. The van der Waals surface area contributed by atoms with Gasteiger partial charge in [-0.2, -0.15) is 5.26 Å². The first-order valence-corrected chi connectivity index (χ1v) is 7.66. The monoisotopic (exact) mass is 347 g/mol. The molecule has 0 fully saturated rings. The topological polar surface area (TPSA) is 109 Å². The number of nitrogens with zero attached hydrogens (tertiary/aromatic N) is 3. The van der Waals surface area contributed by atoms with E-state index in [0.717, 1.165) is 10.9 Å². The summed E-state index contributed by atoms with van der Waals surface area (Å²) in [5.41, 5.74) is 2.29. The van der Waals surface area contributed by atoms with Gasteiger partial charge in [0.1, 0.15) is 6.54 Å². The summed E-state index contributed by atoms with van der Waals surface area (Å²) in [5, 5.41) is 30.1. The summed E-state index contributed by atoms with van der Waals surface area (Å²) >= 11 is 0. The predicted molar refractivity (Wildman–Crippen MR) is 96.2 cm³/mol. The van der Waals surface area contributed by atoms with Crippen molar-refractivity contribution in [3.8, 4) is 6.07 Å². The Balaban J connectivity index is 2.08. The number of aromatic nitrogens is 1. The van der Waals surface area contributed by atoms with Crippen LogP contribution in [0, 0.1) is 21.4 Å². The summed E-state index contributed by atoms with van der Waals surface area (Å²) in [6.45, 7) is -0.187. The molecular weight excluding hydrogens is 334 g/mol. The Morgan fingerprint density at radius 3 is 2.54 bits per heavy atom. The fourth-order valence-electron chi connectivity index (χ4n) is 2.77. The van der Waals surface area contributed by atoms with Gasteiger partial charge in [0, 0.05) is 34.8 Å². The molecule has 2 aromatic carbocycles. The number of nitriles is 1. The Labute approximate surface area is 148 Å². The van der Waals surface area contributed by atoms with E-state index >= 15 is 0 Å². The van der Waals surface area contributed by atoms with Crippen LogP contribution in [-0.2, 0) is 11.3 Å². The van der Waals surface area contributed by atoms with Crippen molar-refractivity contribution in [1.29, 1.82) is 5.26 Å². The van der Waals surface area contributed by atoms with Crippen LogP contribution in [0.4, 0.5) is 5.69 Å². The molecule has 1 N–H and O–H groups in total. The third kappa shape index (κ3) is 3.30. The van der Waals surface area contributed by atoms with Crippen molar-refractivity contribution in [2.75, 3.05) is 0 Å². The maximum absolute atomic E-state index is 11.1. The molecule has 0 saturated carbocycles. The van der Waals surface area contributed by atoms with E-state index in [9.17, 15) is 20.2 Å². The fourth-order valence-corrected chi connectivity index (χ4v) is 2.77. The molecule has 7 heteroatoms. The van der Waals surface area contributed by atoms with Crippen LogP contribution in [-0.4, -0.2) is 20.6 Å². The average Bonchev–Trinajstić information content (AvgIpc) is 2.97. The number of rotatable bonds is 5. The molecule has 26 heavy (non-hydrogen) atoms. The van der Waals surface area contributed by atoms with Gasteiger partial charge in [-0.3, -0.25) is 14.9 Å². The van der Waals surface area contributed by atoms with Gasteiger partial charge in [0.15, 0.2) is 0 Å². The number of fused-ring (bicyclic) bond motifs is 1. The number of carbonyl (C=O) groups is 1. The third-order valence-corrected chi connectivity index (χ3v) is 3.93. The van der Waals surface area contributed by atoms with E-state index in [1.54, 1.807) is 16.8 Å². The highest BCUT2D eigenvalue weighted by atomic mass is 16.6. The van der Waals surface area contributed by atoms with Crippen LogP contribution in [0.3, 0.4) is 0 Å². The molecule has 0 spiro atoms. The van der Waals surface area contributed by atoms with Gasteiger partial charge in [-0.25, -0.2) is 0 Å². The number of nitro groups is 1. The number of para-hydroxylation sites is 1. The zero-order valence-corrected chi connectivity index (χ0v) is 13.5. The maximum Gasteiger partial charge on any atom is 0.323 e. The second kappa shape index (κ2) is 6.91. The summed E-state index contributed by atoms with van der Waals surface area (Å²) < 4.78 is 1.61. The van der Waals surface area contributed by atoms with Crippen molar-refractivity contribution < 1.29 is 14.8 Å². The van der Waals surface area contributed by atoms with E-state index in [-0.39, 0.29) is 12.2 Å². The first-order chi connectivity index (χ1) is 12.5. The Kier molecular flexibility index (Phi) is 4.50. The van der Waals surface area contributed by atoms with Crippen LogP contribution < -0.4 is 0 Å². The van der Waals surface area contributed by atoms with Crippen molar-refractivity contribution >= 4 is 34.2 Å². The second-order valence-corrected chi connectivity index (χ2v) is 5.60. The van der Waals surface area contributed by atoms with Gasteiger partial charge in [0.05, 0.1) is 16.6 Å². The van der Waals surface area contributed by atoms with E-state index in [0.29, 0.717) is 16.7 Å². The normalized spacial score (nSPS) is 11.3. The van der Waals surface area contributed by atoms with Crippen LogP contribution in [0.5, 0.6) is 0 Å². The molecule has 0 radical (unpaired) electrons. The molecular formula is C19H13N3O4. The van der Waals surface area contributed by atoms with Crippen LogP contribution in [0.1, 0.15) is 11.1 Å². The molecule has 1 aromatic heterocycles. The quantitative estimate of drug-likeness (QED) is 0.430. The second-order valence-electron chi connectivity index (χ2n) is 5.60. The van der Waals surface area contributed by atoms with Crippen molar-refractivity contribution in [2.24, 2.45) is 0 Å². The molecule has 7 nitrogen and oxygen atoms in total. The average molecular weight is 347 g/mol. The predicted octanol–water partition coefficient (Wildman–Crippen LogP) is 3.70. The standard InChI is InChI=1S/C19H13N3O4/c20-10-14(13-5-7-16(8-6-13)22(25)26)9-15-11-21(12-19(23)24)18-4-2-1-3-17(15)18/h1-9,11H,12H2,(H,23,24)/b14-9-. The number of non-ortho nitro benzene ring substituents is 1. The molecule has 128 valence electrons. The number of carboxylic acids is 1. The molecule has 0 bridgehead atoms. The van der Waals surface area contributed by atoms with Crippen LogP contribution >= 0.6 is 0 Å². The van der Waals surface area contributed by atoms with Gasteiger partial charge in [0.25, 0.3) is 5.69 Å². The summed E-state index contributed by atoms with van der Waals surface area (Å²) in [6, 6.07) is 15.1. The molecule has 0 amide bonds. The smallest absolute Gasteiger partial charge is 0.323 e. The van der Waals surface area contributed by atoms with Gasteiger partial charge in [-0.05, 0) is 29.8 Å². The van der Waals surface area contributed by atoms with Crippen molar-refractivity contribution in [1.82, 2.24) is 4.57 Å². The zero-order valence-electron chi connectivity index (χ0n) is 13.5. The number of allylic oxidation sites excluding steroid dienone is 1. The van der Waals surface area contributed by atoms with E-state index < -0.39 is 10.9 Å². The highest BCUT2D eigenvalue weighted by molar-refractivity contribution is 5.98. The fraction of sp³-hybridized carbons (Fsp3) is 0.0526. The number of nitro benzene ring substituents is 1. The Bertz CT molecular complexity index is 1070. The lowest BCUT2D eigenvalue weighted by Gasteiger charge is -1.99. The number of aliphatic carboxylic acids is 1.